The monoisotopic (exact) mass is 434 g/mol. The summed E-state index contributed by atoms with van der Waals surface area (Å²) in [6.07, 6.45) is 1.50. The highest BCUT2D eigenvalue weighted by atomic mass is 16.5. The molecule has 0 radical (unpaired) electrons. The lowest BCUT2D eigenvalue weighted by Crippen LogP contribution is -2.02. The third kappa shape index (κ3) is 56.2. The summed E-state index contributed by atoms with van der Waals surface area (Å²) in [6, 6.07) is 7.34. The van der Waals surface area contributed by atoms with Crippen LogP contribution in [-0.4, -0.2) is 67.2 Å². The smallest absolute Gasteiger partial charge is 0.338 e. The Labute approximate surface area is 182 Å². The molecule has 0 N–H and O–H groups in total. The van der Waals surface area contributed by atoms with E-state index in [0.717, 1.165) is 18.1 Å². The van der Waals surface area contributed by atoms with Crippen LogP contribution in [0.4, 0.5) is 0 Å². The average Bonchev–Trinajstić information content (AvgIpc) is 2.72. The van der Waals surface area contributed by atoms with Gasteiger partial charge in [-0.15, -0.1) is 0 Å². The first-order chi connectivity index (χ1) is 14.2. The predicted molar refractivity (Wildman–Crippen MR) is 121 cm³/mol. The van der Waals surface area contributed by atoms with Crippen molar-refractivity contribution in [1.29, 1.82) is 0 Å². The van der Waals surface area contributed by atoms with Gasteiger partial charge in [0.2, 0.25) is 0 Å². The Kier molecular flexibility index (Phi) is 62.9. The Hall–Kier alpha value is -2.58. The molecule has 8 heteroatoms. The van der Waals surface area contributed by atoms with Gasteiger partial charge in [-0.3, -0.25) is 4.79 Å². The van der Waals surface area contributed by atoms with Crippen LogP contribution in [0.15, 0.2) is 24.3 Å². The number of benzene rings is 1. The zero-order chi connectivity index (χ0) is 25.4. The molecule has 0 atom stereocenters. The molecule has 1 aromatic carbocycles. The lowest BCUT2D eigenvalue weighted by Gasteiger charge is -2.00. The Morgan fingerprint density at radius 3 is 1.23 bits per heavy atom. The van der Waals surface area contributed by atoms with Crippen molar-refractivity contribution in [3.63, 3.8) is 0 Å². The molecule has 0 unspecified atom stereocenters. The molecule has 1 aromatic rings. The van der Waals surface area contributed by atoms with Crippen molar-refractivity contribution in [1.82, 2.24) is 0 Å². The van der Waals surface area contributed by atoms with E-state index in [-0.39, 0.29) is 11.9 Å². The largest absolute Gasteiger partial charge is 0.469 e. The van der Waals surface area contributed by atoms with E-state index >= 15 is 0 Å². The fraction of sp³-hybridized carbons (Fsp3) is 0.545. The van der Waals surface area contributed by atoms with Crippen molar-refractivity contribution in [2.75, 3.05) is 42.7 Å². The molecular weight excluding hydrogens is 392 g/mol. The molecule has 0 saturated carbocycles. The van der Waals surface area contributed by atoms with Gasteiger partial charge >= 0.3 is 11.9 Å². The standard InChI is InChI=1S/C9H10O2.C3H6O2.2C2H6O.2C2H4O.C2H6/c1-7-5-3-4-6-8(7)9(10)11-2;1-3(4)5-2;2*1-3-2;2*1-2-3;1-2/h3-6H,1-2H3;1-2H3;2*1-2H3;2*2H,1H3;1-2H3. The molecule has 1 rings (SSSR count). The summed E-state index contributed by atoms with van der Waals surface area (Å²) in [5.74, 6) is -0.520. The van der Waals surface area contributed by atoms with Crippen LogP contribution < -0.4 is 0 Å². The summed E-state index contributed by atoms with van der Waals surface area (Å²) in [5, 5.41) is 0. The van der Waals surface area contributed by atoms with Crippen LogP contribution in [0.25, 0.3) is 0 Å². The van der Waals surface area contributed by atoms with Crippen molar-refractivity contribution in [3.8, 4) is 0 Å². The quantitative estimate of drug-likeness (QED) is 0.484. The van der Waals surface area contributed by atoms with Gasteiger partial charge in [0.15, 0.2) is 0 Å². The van der Waals surface area contributed by atoms with Gasteiger partial charge in [-0.25, -0.2) is 4.79 Å². The molecule has 30 heavy (non-hydrogen) atoms. The molecule has 0 aromatic heterocycles. The third-order valence-corrected chi connectivity index (χ3v) is 1.84. The van der Waals surface area contributed by atoms with E-state index in [1.165, 1.54) is 35.0 Å². The van der Waals surface area contributed by atoms with Gasteiger partial charge in [0.1, 0.15) is 12.6 Å². The number of esters is 2. The van der Waals surface area contributed by atoms with E-state index in [2.05, 4.69) is 18.9 Å². The first-order valence-electron chi connectivity index (χ1n) is 8.97. The van der Waals surface area contributed by atoms with Crippen LogP contribution in [0.1, 0.15) is 50.5 Å². The first-order valence-corrected chi connectivity index (χ1v) is 8.97. The van der Waals surface area contributed by atoms with Gasteiger partial charge in [0.05, 0.1) is 19.8 Å². The van der Waals surface area contributed by atoms with Crippen molar-refractivity contribution in [2.45, 2.75) is 41.5 Å². The minimum Gasteiger partial charge on any atom is -0.469 e. The lowest BCUT2D eigenvalue weighted by atomic mass is 10.1. The van der Waals surface area contributed by atoms with Crippen LogP contribution in [0.2, 0.25) is 0 Å². The number of hydrogen-bond donors (Lipinski definition) is 0. The fourth-order valence-corrected chi connectivity index (χ4v) is 0.912. The summed E-state index contributed by atoms with van der Waals surface area (Å²) in [5.41, 5.74) is 1.58. The normalized spacial score (nSPS) is 6.80. The maximum Gasteiger partial charge on any atom is 0.338 e. The van der Waals surface area contributed by atoms with E-state index in [0.29, 0.717) is 5.56 Å². The Morgan fingerprint density at radius 2 is 1.03 bits per heavy atom. The van der Waals surface area contributed by atoms with Crippen LogP contribution in [-0.2, 0) is 33.3 Å². The number of rotatable bonds is 1. The Balaban J connectivity index is -0.0000000643. The molecule has 0 saturated heterocycles. The maximum atomic E-state index is 11.0. The number of carbonyl (C=O) groups excluding carboxylic acids is 4. The number of aryl methyl sites for hydroxylation is 1. The average molecular weight is 435 g/mol. The minimum atomic E-state index is -0.275. The summed E-state index contributed by atoms with van der Waals surface area (Å²) >= 11 is 0. The summed E-state index contributed by atoms with van der Waals surface area (Å²) in [4.78, 5) is 38.2. The number of ether oxygens (including phenoxy) is 4. The van der Waals surface area contributed by atoms with Crippen molar-refractivity contribution < 1.29 is 38.1 Å². The Morgan fingerprint density at radius 1 is 0.767 bits per heavy atom. The highest BCUT2D eigenvalue weighted by molar-refractivity contribution is 5.90. The molecule has 0 heterocycles. The second-order valence-corrected chi connectivity index (χ2v) is 4.29. The molecule has 8 nitrogen and oxygen atoms in total. The third-order valence-electron chi connectivity index (χ3n) is 1.84. The fourth-order valence-electron chi connectivity index (χ4n) is 0.912. The van der Waals surface area contributed by atoms with Crippen molar-refractivity contribution in [3.05, 3.63) is 35.4 Å². The molecule has 0 fully saturated rings. The van der Waals surface area contributed by atoms with E-state index in [9.17, 15) is 9.59 Å². The lowest BCUT2D eigenvalue weighted by molar-refractivity contribution is -0.138. The molecule has 0 aliphatic rings. The minimum absolute atomic E-state index is 0.245. The second-order valence-electron chi connectivity index (χ2n) is 4.29. The van der Waals surface area contributed by atoms with Gasteiger partial charge in [-0.2, -0.15) is 0 Å². The summed E-state index contributed by atoms with van der Waals surface area (Å²) in [6.45, 7) is 10.1. The number of methoxy groups -OCH3 is 4. The topological polar surface area (TPSA) is 105 Å². The highest BCUT2D eigenvalue weighted by Crippen LogP contribution is 2.07. The summed E-state index contributed by atoms with van der Waals surface area (Å²) < 4.78 is 17.2. The van der Waals surface area contributed by atoms with E-state index in [1.54, 1.807) is 34.5 Å². The molecule has 0 spiro atoms. The van der Waals surface area contributed by atoms with Crippen LogP contribution >= 0.6 is 0 Å². The van der Waals surface area contributed by atoms with Gasteiger partial charge in [0, 0.05) is 35.4 Å². The molecule has 0 aliphatic carbocycles. The number of aldehydes is 2. The zero-order valence-electron chi connectivity index (χ0n) is 20.7. The highest BCUT2D eigenvalue weighted by Gasteiger charge is 2.05. The maximum absolute atomic E-state index is 11.0. The molecule has 0 amide bonds. The van der Waals surface area contributed by atoms with E-state index in [4.69, 9.17) is 9.59 Å². The Bertz CT molecular complexity index is 466. The van der Waals surface area contributed by atoms with Gasteiger partial charge in [-0.05, 0) is 32.4 Å². The zero-order valence-corrected chi connectivity index (χ0v) is 20.7. The summed E-state index contributed by atoms with van der Waals surface area (Å²) in [7, 11) is 9.23. The van der Waals surface area contributed by atoms with Crippen LogP contribution in [0.5, 0.6) is 0 Å². The number of hydrogen-bond acceptors (Lipinski definition) is 8. The number of carbonyl (C=O) groups is 4. The van der Waals surface area contributed by atoms with Crippen molar-refractivity contribution >= 4 is 24.5 Å². The SMILES string of the molecule is CC.CC=O.CC=O.COC.COC.COC(=O)c1ccccc1C.COC(C)=O. The van der Waals surface area contributed by atoms with Crippen molar-refractivity contribution in [2.24, 2.45) is 0 Å². The van der Waals surface area contributed by atoms with Gasteiger partial charge in [0.25, 0.3) is 0 Å². The molecule has 0 aliphatic heterocycles. The molecular formula is C22H42O8. The predicted octanol–water partition coefficient (Wildman–Crippen LogP) is 3.92. The van der Waals surface area contributed by atoms with E-state index < -0.39 is 0 Å². The van der Waals surface area contributed by atoms with Gasteiger partial charge in [-0.1, -0.05) is 32.0 Å². The van der Waals surface area contributed by atoms with Crippen LogP contribution in [0, 0.1) is 6.92 Å². The first kappa shape index (κ1) is 41.7. The second kappa shape index (κ2) is 45.3. The molecule has 0 bridgehead atoms. The van der Waals surface area contributed by atoms with Crippen LogP contribution in [0.3, 0.4) is 0 Å². The van der Waals surface area contributed by atoms with E-state index in [1.807, 2.05) is 39.0 Å². The molecule has 178 valence electrons. The van der Waals surface area contributed by atoms with Gasteiger partial charge < -0.3 is 28.5 Å².